The second-order valence-electron chi connectivity index (χ2n) is 4.33. The Morgan fingerprint density at radius 3 is 2.25 bits per heavy atom. The summed E-state index contributed by atoms with van der Waals surface area (Å²) in [6, 6.07) is 5.08. The van der Waals surface area contributed by atoms with Crippen molar-refractivity contribution in [3.05, 3.63) is 30.3 Å². The van der Waals surface area contributed by atoms with Crippen LogP contribution in [0.2, 0.25) is 0 Å². The van der Waals surface area contributed by atoms with Crippen molar-refractivity contribution in [2.24, 2.45) is 0 Å². The lowest BCUT2D eigenvalue weighted by molar-refractivity contribution is -0.137. The number of para-hydroxylation sites is 1. The molecule has 0 saturated heterocycles. The van der Waals surface area contributed by atoms with Crippen LogP contribution in [0, 0.1) is 0 Å². The number of carbonyl (C=O) groups excluding carboxylic acids is 2. The Kier molecular flexibility index (Phi) is 6.50. The number of rotatable bonds is 7. The third-order valence-corrected chi connectivity index (χ3v) is 2.58. The van der Waals surface area contributed by atoms with E-state index in [1.54, 1.807) is 24.3 Å². The highest BCUT2D eigenvalue weighted by atomic mass is 16.6. The zero-order valence-corrected chi connectivity index (χ0v) is 12.0. The van der Waals surface area contributed by atoms with Gasteiger partial charge in [-0.15, -0.1) is 0 Å². The quantitative estimate of drug-likeness (QED) is 0.562. The molecule has 4 nitrogen and oxygen atoms in total. The lowest BCUT2D eigenvalue weighted by Crippen LogP contribution is -2.12. The van der Waals surface area contributed by atoms with Crippen LogP contribution < -0.4 is 9.47 Å². The minimum Gasteiger partial charge on any atom is -0.422 e. The van der Waals surface area contributed by atoms with E-state index in [1.165, 1.54) is 0 Å². The number of hydrogen-bond donors (Lipinski definition) is 0. The summed E-state index contributed by atoms with van der Waals surface area (Å²) in [4.78, 5) is 23.2. The van der Waals surface area contributed by atoms with Gasteiger partial charge in [0.2, 0.25) is 0 Å². The van der Waals surface area contributed by atoms with Crippen LogP contribution in [0.3, 0.4) is 0 Å². The highest BCUT2D eigenvalue weighted by Gasteiger charge is 2.15. The van der Waals surface area contributed by atoms with Crippen LogP contribution in [0.15, 0.2) is 24.8 Å². The Hall–Kier alpha value is -2.10. The van der Waals surface area contributed by atoms with Gasteiger partial charge in [0.15, 0.2) is 11.5 Å². The Morgan fingerprint density at radius 2 is 1.70 bits per heavy atom. The Morgan fingerprint density at radius 1 is 1.10 bits per heavy atom. The van der Waals surface area contributed by atoms with Gasteiger partial charge in [-0.3, -0.25) is 9.59 Å². The molecule has 4 heteroatoms. The molecule has 0 radical (unpaired) electrons. The topological polar surface area (TPSA) is 52.6 Å². The van der Waals surface area contributed by atoms with Crippen molar-refractivity contribution in [3.8, 4) is 11.5 Å². The summed E-state index contributed by atoms with van der Waals surface area (Å²) in [5, 5.41) is 0. The van der Waals surface area contributed by atoms with Crippen molar-refractivity contribution >= 4 is 18.0 Å². The van der Waals surface area contributed by atoms with Crippen LogP contribution in [0.4, 0.5) is 0 Å². The molecule has 0 spiro atoms. The molecule has 0 aliphatic carbocycles. The highest BCUT2D eigenvalue weighted by molar-refractivity contribution is 5.78. The van der Waals surface area contributed by atoms with Gasteiger partial charge in [0.25, 0.3) is 0 Å². The van der Waals surface area contributed by atoms with Crippen molar-refractivity contribution < 1.29 is 19.1 Å². The summed E-state index contributed by atoms with van der Waals surface area (Å²) in [6.45, 7) is 7.45. The van der Waals surface area contributed by atoms with Crippen LogP contribution in [0.5, 0.6) is 11.5 Å². The van der Waals surface area contributed by atoms with E-state index in [-0.39, 0.29) is 23.4 Å². The fourth-order valence-electron chi connectivity index (χ4n) is 1.63. The second kappa shape index (κ2) is 8.15. The molecular weight excluding hydrogens is 256 g/mol. The zero-order chi connectivity index (χ0) is 15.0. The number of esters is 2. The largest absolute Gasteiger partial charge is 0.422 e. The average Bonchev–Trinajstić information content (AvgIpc) is 2.41. The Balaban J connectivity index is 3.00. The SMILES string of the molecule is C=Cc1cccc(OC(=O)CCC)c1OC(=O)CCC. The minimum atomic E-state index is -0.352. The molecule has 0 aliphatic heterocycles. The Labute approximate surface area is 119 Å². The lowest BCUT2D eigenvalue weighted by Gasteiger charge is -2.12. The third-order valence-electron chi connectivity index (χ3n) is 2.58. The fraction of sp³-hybridized carbons (Fsp3) is 0.375. The van der Waals surface area contributed by atoms with Crippen molar-refractivity contribution in [3.63, 3.8) is 0 Å². The van der Waals surface area contributed by atoms with E-state index in [2.05, 4.69) is 6.58 Å². The van der Waals surface area contributed by atoms with Crippen molar-refractivity contribution in [2.45, 2.75) is 39.5 Å². The van der Waals surface area contributed by atoms with Crippen molar-refractivity contribution in [1.29, 1.82) is 0 Å². The molecule has 0 saturated carbocycles. The summed E-state index contributed by atoms with van der Waals surface area (Å²) in [7, 11) is 0. The number of carbonyl (C=O) groups is 2. The highest BCUT2D eigenvalue weighted by Crippen LogP contribution is 2.32. The van der Waals surface area contributed by atoms with Gasteiger partial charge in [-0.05, 0) is 18.9 Å². The van der Waals surface area contributed by atoms with Gasteiger partial charge in [0.1, 0.15) is 0 Å². The van der Waals surface area contributed by atoms with E-state index in [0.717, 1.165) is 0 Å². The summed E-state index contributed by atoms with van der Waals surface area (Å²) >= 11 is 0. The van der Waals surface area contributed by atoms with Gasteiger partial charge in [-0.25, -0.2) is 0 Å². The van der Waals surface area contributed by atoms with Crippen LogP contribution in [-0.4, -0.2) is 11.9 Å². The number of benzene rings is 1. The van der Waals surface area contributed by atoms with E-state index in [0.29, 0.717) is 31.2 Å². The predicted molar refractivity (Wildman–Crippen MR) is 77.6 cm³/mol. The predicted octanol–water partition coefficient (Wildman–Crippen LogP) is 3.74. The average molecular weight is 276 g/mol. The molecule has 0 aliphatic rings. The van der Waals surface area contributed by atoms with Crippen LogP contribution in [-0.2, 0) is 9.59 Å². The monoisotopic (exact) mass is 276 g/mol. The van der Waals surface area contributed by atoms with Gasteiger partial charge in [-0.2, -0.15) is 0 Å². The maximum absolute atomic E-state index is 11.6. The summed E-state index contributed by atoms with van der Waals surface area (Å²) < 4.78 is 10.5. The minimum absolute atomic E-state index is 0.255. The van der Waals surface area contributed by atoms with E-state index in [9.17, 15) is 9.59 Å². The molecule has 0 heterocycles. The maximum atomic E-state index is 11.6. The standard InChI is InChI=1S/C16H20O4/c1-4-8-14(17)19-13-11-7-10-12(6-3)16(13)20-15(18)9-5-2/h6-7,10-11H,3-5,8-9H2,1-2H3. The first-order valence-electron chi connectivity index (χ1n) is 6.79. The smallest absolute Gasteiger partial charge is 0.311 e. The summed E-state index contributed by atoms with van der Waals surface area (Å²) in [5.41, 5.74) is 0.622. The molecule has 1 rings (SSSR count). The first-order chi connectivity index (χ1) is 9.62. The number of hydrogen-bond acceptors (Lipinski definition) is 4. The van der Waals surface area contributed by atoms with Gasteiger partial charge in [-0.1, -0.05) is 38.6 Å². The molecule has 0 unspecified atom stereocenters. The van der Waals surface area contributed by atoms with E-state index >= 15 is 0 Å². The van der Waals surface area contributed by atoms with Crippen LogP contribution in [0.25, 0.3) is 6.08 Å². The lowest BCUT2D eigenvalue weighted by atomic mass is 10.2. The zero-order valence-electron chi connectivity index (χ0n) is 12.0. The fourth-order valence-corrected chi connectivity index (χ4v) is 1.63. The molecule has 1 aromatic rings. The molecule has 0 aromatic heterocycles. The van der Waals surface area contributed by atoms with Crippen LogP contribution in [0.1, 0.15) is 45.1 Å². The molecule has 0 N–H and O–H groups in total. The molecule has 20 heavy (non-hydrogen) atoms. The molecule has 0 atom stereocenters. The Bertz CT molecular complexity index is 491. The normalized spacial score (nSPS) is 9.90. The van der Waals surface area contributed by atoms with Gasteiger partial charge >= 0.3 is 11.9 Å². The van der Waals surface area contributed by atoms with Gasteiger partial charge in [0, 0.05) is 18.4 Å². The van der Waals surface area contributed by atoms with Gasteiger partial charge in [0.05, 0.1) is 0 Å². The molecule has 1 aromatic carbocycles. The van der Waals surface area contributed by atoms with Gasteiger partial charge < -0.3 is 9.47 Å². The summed E-state index contributed by atoms with van der Waals surface area (Å²) in [5.74, 6) is -0.188. The molecule has 0 fully saturated rings. The van der Waals surface area contributed by atoms with Crippen molar-refractivity contribution in [1.82, 2.24) is 0 Å². The van der Waals surface area contributed by atoms with E-state index in [1.807, 2.05) is 13.8 Å². The number of ether oxygens (including phenoxy) is 2. The molecule has 108 valence electrons. The molecule has 0 amide bonds. The maximum Gasteiger partial charge on any atom is 0.311 e. The summed E-state index contributed by atoms with van der Waals surface area (Å²) in [6.07, 6.45) is 3.59. The van der Waals surface area contributed by atoms with E-state index in [4.69, 9.17) is 9.47 Å². The first kappa shape index (κ1) is 16.0. The molecular formula is C16H20O4. The van der Waals surface area contributed by atoms with Crippen molar-refractivity contribution in [2.75, 3.05) is 0 Å². The second-order valence-corrected chi connectivity index (χ2v) is 4.33. The van der Waals surface area contributed by atoms with E-state index < -0.39 is 0 Å². The third kappa shape index (κ3) is 4.53. The first-order valence-corrected chi connectivity index (χ1v) is 6.79. The molecule has 0 bridgehead atoms. The van der Waals surface area contributed by atoms with Crippen LogP contribution >= 0.6 is 0 Å².